The molecule has 1 amide bonds. The van der Waals surface area contributed by atoms with Crippen molar-refractivity contribution in [3.63, 3.8) is 0 Å². The van der Waals surface area contributed by atoms with Gasteiger partial charge in [-0.2, -0.15) is 0 Å². The topological polar surface area (TPSA) is 72.2 Å². The van der Waals surface area contributed by atoms with Gasteiger partial charge >= 0.3 is 0 Å². The molecule has 3 rings (SSSR count). The van der Waals surface area contributed by atoms with Crippen LogP contribution < -0.4 is 5.32 Å². The minimum atomic E-state index is -0.488. The lowest BCUT2D eigenvalue weighted by Gasteiger charge is -2.30. The van der Waals surface area contributed by atoms with Crippen LogP contribution in [0.5, 0.6) is 0 Å². The Labute approximate surface area is 150 Å². The van der Waals surface area contributed by atoms with Gasteiger partial charge in [-0.05, 0) is 42.2 Å². The van der Waals surface area contributed by atoms with Crippen molar-refractivity contribution in [1.82, 2.24) is 5.32 Å². The second kappa shape index (κ2) is 7.47. The quantitative estimate of drug-likeness (QED) is 0.493. The fraction of sp³-hybridized carbons (Fsp3) is 0.250. The highest BCUT2D eigenvalue weighted by Crippen LogP contribution is 2.38. The van der Waals surface area contributed by atoms with Crippen LogP contribution in [0, 0.1) is 15.9 Å². The van der Waals surface area contributed by atoms with Crippen LogP contribution in [0.25, 0.3) is 6.08 Å². The van der Waals surface area contributed by atoms with Crippen molar-refractivity contribution in [3.8, 4) is 0 Å². The number of hydrogen-bond acceptors (Lipinski definition) is 3. The summed E-state index contributed by atoms with van der Waals surface area (Å²) in [6.45, 7) is 0. The molecule has 5 nitrogen and oxygen atoms in total. The zero-order chi connectivity index (χ0) is 18.6. The molecule has 0 aliphatic heterocycles. The zero-order valence-corrected chi connectivity index (χ0v) is 14.2. The molecular weight excluding hydrogens is 335 g/mol. The van der Waals surface area contributed by atoms with Crippen molar-refractivity contribution in [1.29, 1.82) is 0 Å². The molecule has 0 unspecified atom stereocenters. The summed E-state index contributed by atoms with van der Waals surface area (Å²) in [5, 5.41) is 13.9. The molecule has 1 saturated carbocycles. The van der Waals surface area contributed by atoms with Gasteiger partial charge < -0.3 is 5.32 Å². The fourth-order valence-electron chi connectivity index (χ4n) is 3.42. The van der Waals surface area contributed by atoms with Crippen LogP contribution in [0.15, 0.2) is 54.6 Å². The molecule has 1 fully saturated rings. The van der Waals surface area contributed by atoms with E-state index in [4.69, 9.17) is 0 Å². The van der Waals surface area contributed by atoms with Gasteiger partial charge in [0.25, 0.3) is 5.69 Å². The lowest BCUT2D eigenvalue weighted by atomic mass is 9.88. The van der Waals surface area contributed by atoms with Gasteiger partial charge in [-0.1, -0.05) is 37.1 Å². The molecule has 1 aliphatic rings. The highest BCUT2D eigenvalue weighted by molar-refractivity contribution is 5.92. The van der Waals surface area contributed by atoms with Crippen LogP contribution in [0.2, 0.25) is 0 Å². The molecule has 6 heteroatoms. The van der Waals surface area contributed by atoms with Gasteiger partial charge in [-0.15, -0.1) is 0 Å². The minimum Gasteiger partial charge on any atom is -0.343 e. The summed E-state index contributed by atoms with van der Waals surface area (Å²) >= 11 is 0. The van der Waals surface area contributed by atoms with Crippen molar-refractivity contribution < 1.29 is 14.1 Å². The first-order valence-electron chi connectivity index (χ1n) is 8.49. The Bertz CT molecular complexity index is 840. The van der Waals surface area contributed by atoms with Gasteiger partial charge in [-0.25, -0.2) is 4.39 Å². The van der Waals surface area contributed by atoms with E-state index in [9.17, 15) is 19.3 Å². The summed E-state index contributed by atoms with van der Waals surface area (Å²) < 4.78 is 13.2. The van der Waals surface area contributed by atoms with Gasteiger partial charge in [0.2, 0.25) is 5.91 Å². The molecule has 134 valence electrons. The minimum absolute atomic E-state index is 0.0221. The van der Waals surface area contributed by atoms with Crippen LogP contribution in [0.4, 0.5) is 10.1 Å². The highest BCUT2D eigenvalue weighted by Gasteiger charge is 2.36. The van der Waals surface area contributed by atoms with Crippen LogP contribution >= 0.6 is 0 Å². The summed E-state index contributed by atoms with van der Waals surface area (Å²) in [6.07, 6.45) is 6.51. The number of nitro groups is 1. The number of nitrogens with zero attached hydrogens (tertiary/aromatic N) is 1. The Morgan fingerprint density at radius 3 is 2.50 bits per heavy atom. The summed E-state index contributed by atoms with van der Waals surface area (Å²) in [4.78, 5) is 22.8. The highest BCUT2D eigenvalue weighted by atomic mass is 19.1. The molecule has 0 saturated heterocycles. The lowest BCUT2D eigenvalue weighted by molar-refractivity contribution is -0.384. The second-order valence-electron chi connectivity index (χ2n) is 6.47. The number of nitrogens with one attached hydrogen (secondary N) is 1. The normalized spacial score (nSPS) is 15.9. The first-order chi connectivity index (χ1) is 12.5. The molecule has 0 spiro atoms. The maximum Gasteiger partial charge on any atom is 0.270 e. The summed E-state index contributed by atoms with van der Waals surface area (Å²) in [6, 6.07) is 12.3. The number of rotatable bonds is 5. The van der Waals surface area contributed by atoms with E-state index >= 15 is 0 Å². The van der Waals surface area contributed by atoms with Gasteiger partial charge in [0.15, 0.2) is 0 Å². The molecule has 2 aromatic rings. The molecule has 2 aromatic carbocycles. The first-order valence-corrected chi connectivity index (χ1v) is 8.49. The van der Waals surface area contributed by atoms with E-state index in [1.165, 1.54) is 30.3 Å². The first kappa shape index (κ1) is 17.8. The van der Waals surface area contributed by atoms with Crippen molar-refractivity contribution >= 4 is 17.7 Å². The van der Waals surface area contributed by atoms with Crippen LogP contribution in [-0.4, -0.2) is 10.8 Å². The molecule has 0 aromatic heterocycles. The maximum absolute atomic E-state index is 13.2. The summed E-state index contributed by atoms with van der Waals surface area (Å²) in [7, 11) is 0. The third-order valence-electron chi connectivity index (χ3n) is 4.72. The Kier molecular flexibility index (Phi) is 5.11. The van der Waals surface area contributed by atoms with Crippen LogP contribution in [0.1, 0.15) is 36.8 Å². The summed E-state index contributed by atoms with van der Waals surface area (Å²) in [5.41, 5.74) is 0.967. The van der Waals surface area contributed by atoms with E-state index in [-0.39, 0.29) is 17.4 Å². The molecular formula is C20H19FN2O3. The number of carbonyl (C=O) groups excluding carboxylic acids is 1. The Morgan fingerprint density at radius 1 is 1.15 bits per heavy atom. The standard InChI is InChI=1S/C20H19FN2O3/c21-17-9-7-16(8-10-17)20(12-1-2-13-20)22-19(24)11-6-15-4-3-5-18(14-15)23(25)26/h3-11,14H,1-2,12-13H2,(H,22,24)/b11-6+. The van der Waals surface area contributed by atoms with E-state index in [1.807, 2.05) is 0 Å². The largest absolute Gasteiger partial charge is 0.343 e. The molecule has 0 heterocycles. The smallest absolute Gasteiger partial charge is 0.270 e. The second-order valence-corrected chi connectivity index (χ2v) is 6.47. The third-order valence-corrected chi connectivity index (χ3v) is 4.72. The van der Waals surface area contributed by atoms with Crippen molar-refractivity contribution in [2.75, 3.05) is 0 Å². The number of benzene rings is 2. The fourth-order valence-corrected chi connectivity index (χ4v) is 3.42. The SMILES string of the molecule is O=C(/C=C/c1cccc([N+](=O)[O-])c1)NC1(c2ccc(F)cc2)CCCC1. The molecule has 26 heavy (non-hydrogen) atoms. The third kappa shape index (κ3) is 3.96. The summed E-state index contributed by atoms with van der Waals surface area (Å²) in [5.74, 6) is -0.582. The van der Waals surface area contributed by atoms with Gasteiger partial charge in [-0.3, -0.25) is 14.9 Å². The molecule has 0 bridgehead atoms. The Balaban J connectivity index is 1.76. The number of nitro benzene ring substituents is 1. The van der Waals surface area contributed by atoms with E-state index < -0.39 is 10.5 Å². The van der Waals surface area contributed by atoms with Crippen LogP contribution in [-0.2, 0) is 10.3 Å². The number of non-ortho nitro benzene ring substituents is 1. The van der Waals surface area contributed by atoms with E-state index in [2.05, 4.69) is 5.32 Å². The predicted octanol–water partition coefficient (Wildman–Crippen LogP) is 4.33. The van der Waals surface area contributed by atoms with Crippen LogP contribution in [0.3, 0.4) is 0 Å². The Hall–Kier alpha value is -3.02. The average molecular weight is 354 g/mol. The monoisotopic (exact) mass is 354 g/mol. The average Bonchev–Trinajstić information content (AvgIpc) is 3.10. The number of hydrogen-bond donors (Lipinski definition) is 1. The Morgan fingerprint density at radius 2 is 1.85 bits per heavy atom. The van der Waals surface area contributed by atoms with Crippen molar-refractivity contribution in [3.05, 3.63) is 81.7 Å². The molecule has 0 radical (unpaired) electrons. The van der Waals surface area contributed by atoms with E-state index in [0.29, 0.717) is 5.56 Å². The molecule has 1 aliphatic carbocycles. The maximum atomic E-state index is 13.2. The van der Waals surface area contributed by atoms with Gasteiger partial charge in [0.1, 0.15) is 5.82 Å². The van der Waals surface area contributed by atoms with Crippen molar-refractivity contribution in [2.24, 2.45) is 0 Å². The van der Waals surface area contributed by atoms with Gasteiger partial charge in [0.05, 0.1) is 10.5 Å². The predicted molar refractivity (Wildman–Crippen MR) is 96.8 cm³/mol. The van der Waals surface area contributed by atoms with Gasteiger partial charge in [0, 0.05) is 18.2 Å². The number of amides is 1. The van der Waals surface area contributed by atoms with E-state index in [0.717, 1.165) is 31.2 Å². The van der Waals surface area contributed by atoms with Crippen molar-refractivity contribution in [2.45, 2.75) is 31.2 Å². The molecule has 0 atom stereocenters. The number of halogens is 1. The lowest BCUT2D eigenvalue weighted by Crippen LogP contribution is -2.43. The number of carbonyl (C=O) groups is 1. The van der Waals surface area contributed by atoms with E-state index in [1.54, 1.807) is 30.3 Å². The zero-order valence-electron chi connectivity index (χ0n) is 14.2. The molecule has 1 N–H and O–H groups in total.